The van der Waals surface area contributed by atoms with Gasteiger partial charge in [0.15, 0.2) is 0 Å². The minimum atomic E-state index is -0.394. The predicted molar refractivity (Wildman–Crippen MR) is 63.6 cm³/mol. The van der Waals surface area contributed by atoms with Crippen LogP contribution in [0.15, 0.2) is 0 Å². The number of hydrogen-bond donors (Lipinski definition) is 1. The Morgan fingerprint density at radius 2 is 2.00 bits per heavy atom. The Balaban J connectivity index is 1.96. The van der Waals surface area contributed by atoms with E-state index >= 15 is 0 Å². The molecule has 0 spiro atoms. The second-order valence-electron chi connectivity index (χ2n) is 6.25. The fraction of sp³-hybridized carbons (Fsp3) is 1.00. The molecule has 2 bridgehead atoms. The molecule has 0 saturated heterocycles. The molecule has 88 valence electrons. The molecule has 2 rings (SSSR count). The van der Waals surface area contributed by atoms with Crippen molar-refractivity contribution in [3.8, 4) is 0 Å². The van der Waals surface area contributed by atoms with Crippen LogP contribution in [0.5, 0.6) is 0 Å². The van der Waals surface area contributed by atoms with Crippen molar-refractivity contribution in [2.45, 2.75) is 64.9 Å². The molecule has 0 radical (unpaired) electrons. The van der Waals surface area contributed by atoms with Crippen molar-refractivity contribution in [3.05, 3.63) is 0 Å². The summed E-state index contributed by atoms with van der Waals surface area (Å²) in [5.41, 5.74) is -0.394. The third kappa shape index (κ3) is 2.08. The van der Waals surface area contributed by atoms with Crippen molar-refractivity contribution in [2.75, 3.05) is 0 Å². The minimum absolute atomic E-state index is 0.394. The van der Waals surface area contributed by atoms with Crippen molar-refractivity contribution in [3.63, 3.8) is 0 Å². The molecule has 0 amide bonds. The Kier molecular flexibility index (Phi) is 3.12. The first-order chi connectivity index (χ1) is 7.05. The van der Waals surface area contributed by atoms with Gasteiger partial charge in [-0.3, -0.25) is 0 Å². The molecule has 0 heterocycles. The van der Waals surface area contributed by atoms with Crippen LogP contribution in [0.1, 0.15) is 59.3 Å². The van der Waals surface area contributed by atoms with Crippen LogP contribution >= 0.6 is 0 Å². The van der Waals surface area contributed by atoms with E-state index in [1.165, 1.54) is 25.7 Å². The van der Waals surface area contributed by atoms with Gasteiger partial charge in [0.25, 0.3) is 0 Å². The average molecular weight is 210 g/mol. The highest BCUT2D eigenvalue weighted by atomic mass is 16.3. The summed E-state index contributed by atoms with van der Waals surface area (Å²) in [4.78, 5) is 0. The van der Waals surface area contributed by atoms with Crippen LogP contribution < -0.4 is 0 Å². The van der Waals surface area contributed by atoms with Gasteiger partial charge in [-0.25, -0.2) is 0 Å². The fourth-order valence-corrected chi connectivity index (χ4v) is 3.87. The Morgan fingerprint density at radius 1 is 1.27 bits per heavy atom. The van der Waals surface area contributed by atoms with Gasteiger partial charge in [-0.05, 0) is 55.8 Å². The zero-order chi connectivity index (χ0) is 11.1. The van der Waals surface area contributed by atoms with Crippen molar-refractivity contribution >= 4 is 0 Å². The van der Waals surface area contributed by atoms with Gasteiger partial charge in [-0.2, -0.15) is 0 Å². The largest absolute Gasteiger partial charge is 0.390 e. The predicted octanol–water partition coefficient (Wildman–Crippen LogP) is 3.61. The molecule has 0 aromatic rings. The summed E-state index contributed by atoms with van der Waals surface area (Å²) in [5, 5.41) is 10.6. The van der Waals surface area contributed by atoms with Crippen molar-refractivity contribution in [1.29, 1.82) is 0 Å². The van der Waals surface area contributed by atoms with Gasteiger partial charge in [-0.1, -0.05) is 27.2 Å². The zero-order valence-corrected chi connectivity index (χ0v) is 10.5. The van der Waals surface area contributed by atoms with Crippen LogP contribution in [0.3, 0.4) is 0 Å². The summed E-state index contributed by atoms with van der Waals surface area (Å²) in [7, 11) is 0. The third-order valence-corrected chi connectivity index (χ3v) is 5.19. The molecule has 1 nitrogen and oxygen atoms in total. The van der Waals surface area contributed by atoms with Gasteiger partial charge in [0.2, 0.25) is 0 Å². The van der Waals surface area contributed by atoms with Gasteiger partial charge >= 0.3 is 0 Å². The number of fused-ring (bicyclic) bond motifs is 2. The van der Waals surface area contributed by atoms with Crippen LogP contribution in [-0.2, 0) is 0 Å². The lowest BCUT2D eigenvalue weighted by molar-refractivity contribution is -0.0364. The molecule has 4 atom stereocenters. The van der Waals surface area contributed by atoms with E-state index in [9.17, 15) is 5.11 Å². The summed E-state index contributed by atoms with van der Waals surface area (Å²) in [6.07, 6.45) is 7.74. The summed E-state index contributed by atoms with van der Waals surface area (Å²) in [6.45, 7) is 6.46. The minimum Gasteiger partial charge on any atom is -0.390 e. The van der Waals surface area contributed by atoms with Crippen molar-refractivity contribution in [1.82, 2.24) is 0 Å². The highest BCUT2D eigenvalue weighted by Gasteiger charge is 2.43. The van der Waals surface area contributed by atoms with E-state index in [1.54, 1.807) is 0 Å². The van der Waals surface area contributed by atoms with Crippen LogP contribution in [0.2, 0.25) is 0 Å². The summed E-state index contributed by atoms with van der Waals surface area (Å²) < 4.78 is 0. The molecule has 1 N–H and O–H groups in total. The molecule has 0 aromatic heterocycles. The van der Waals surface area contributed by atoms with E-state index in [0.29, 0.717) is 5.92 Å². The maximum absolute atomic E-state index is 10.6. The van der Waals surface area contributed by atoms with Crippen molar-refractivity contribution in [2.24, 2.45) is 23.7 Å². The monoisotopic (exact) mass is 210 g/mol. The SMILES string of the molecule is CCC(O)(CC1CC2CCC1C2)C(C)C. The van der Waals surface area contributed by atoms with Gasteiger partial charge in [0.1, 0.15) is 0 Å². The number of rotatable bonds is 4. The first-order valence-electron chi connectivity index (χ1n) is 6.77. The molecule has 1 heteroatoms. The number of hydrogen-bond acceptors (Lipinski definition) is 1. The highest BCUT2D eigenvalue weighted by molar-refractivity contribution is 4.94. The third-order valence-electron chi connectivity index (χ3n) is 5.19. The van der Waals surface area contributed by atoms with Crippen LogP contribution in [0, 0.1) is 23.7 Å². The highest BCUT2D eigenvalue weighted by Crippen LogP contribution is 2.51. The number of aliphatic hydroxyl groups is 1. The smallest absolute Gasteiger partial charge is 0.0670 e. The van der Waals surface area contributed by atoms with E-state index in [0.717, 1.165) is 30.6 Å². The second kappa shape index (κ2) is 4.08. The lowest BCUT2D eigenvalue weighted by atomic mass is 9.75. The van der Waals surface area contributed by atoms with Gasteiger partial charge in [0, 0.05) is 0 Å². The molecule has 2 saturated carbocycles. The molecule has 2 fully saturated rings. The van der Waals surface area contributed by atoms with E-state index in [2.05, 4.69) is 20.8 Å². The van der Waals surface area contributed by atoms with E-state index in [4.69, 9.17) is 0 Å². The molecule has 2 aliphatic rings. The fourth-order valence-electron chi connectivity index (χ4n) is 3.87. The zero-order valence-electron chi connectivity index (χ0n) is 10.5. The first-order valence-corrected chi connectivity index (χ1v) is 6.77. The van der Waals surface area contributed by atoms with Gasteiger partial charge in [-0.15, -0.1) is 0 Å². The topological polar surface area (TPSA) is 20.2 Å². The molecule has 0 aliphatic heterocycles. The standard InChI is InChI=1S/C14H26O/c1-4-14(15,10(2)3)9-13-8-11-5-6-12(13)7-11/h10-13,15H,4-9H2,1-3H3. The molecule has 15 heavy (non-hydrogen) atoms. The van der Waals surface area contributed by atoms with Crippen LogP contribution in [0.4, 0.5) is 0 Å². The van der Waals surface area contributed by atoms with Crippen LogP contribution in [0.25, 0.3) is 0 Å². The lowest BCUT2D eigenvalue weighted by Gasteiger charge is -2.36. The Hall–Kier alpha value is -0.0400. The average Bonchev–Trinajstić information content (AvgIpc) is 2.78. The molecular weight excluding hydrogens is 184 g/mol. The maximum atomic E-state index is 10.6. The summed E-state index contributed by atoms with van der Waals surface area (Å²) >= 11 is 0. The van der Waals surface area contributed by atoms with E-state index in [-0.39, 0.29) is 0 Å². The normalized spacial score (nSPS) is 38.6. The summed E-state index contributed by atoms with van der Waals surface area (Å²) in [6, 6.07) is 0. The Labute approximate surface area is 94.3 Å². The Bertz CT molecular complexity index is 223. The lowest BCUT2D eigenvalue weighted by Crippen LogP contribution is -2.37. The van der Waals surface area contributed by atoms with E-state index in [1.807, 2.05) is 0 Å². The molecule has 0 aromatic carbocycles. The second-order valence-corrected chi connectivity index (χ2v) is 6.25. The first kappa shape index (κ1) is 11.4. The van der Waals surface area contributed by atoms with Gasteiger partial charge < -0.3 is 5.11 Å². The maximum Gasteiger partial charge on any atom is 0.0670 e. The molecule has 4 unspecified atom stereocenters. The molecular formula is C14H26O. The van der Waals surface area contributed by atoms with Crippen molar-refractivity contribution < 1.29 is 5.11 Å². The van der Waals surface area contributed by atoms with Crippen LogP contribution in [-0.4, -0.2) is 10.7 Å². The van der Waals surface area contributed by atoms with Gasteiger partial charge in [0.05, 0.1) is 5.60 Å². The Morgan fingerprint density at radius 3 is 2.40 bits per heavy atom. The molecule has 2 aliphatic carbocycles. The summed E-state index contributed by atoms with van der Waals surface area (Å²) in [5.74, 6) is 3.19. The van der Waals surface area contributed by atoms with E-state index < -0.39 is 5.60 Å². The quantitative estimate of drug-likeness (QED) is 0.751.